The molecule has 0 unspecified atom stereocenters. The van der Waals surface area contributed by atoms with Crippen LogP contribution in [0, 0.1) is 5.92 Å². The van der Waals surface area contributed by atoms with E-state index in [1.165, 1.54) is 16.7 Å². The molecule has 2 aromatic rings. The van der Waals surface area contributed by atoms with Crippen molar-refractivity contribution in [1.82, 2.24) is 9.21 Å². The van der Waals surface area contributed by atoms with Gasteiger partial charge in [-0.15, -0.1) is 0 Å². The number of fused-ring (bicyclic) bond motifs is 1. The van der Waals surface area contributed by atoms with Crippen molar-refractivity contribution in [3.05, 3.63) is 59.2 Å². The average Bonchev–Trinajstić information content (AvgIpc) is 2.69. The zero-order valence-electron chi connectivity index (χ0n) is 16.2. The Bertz CT molecular complexity index is 796. The van der Waals surface area contributed by atoms with Crippen molar-refractivity contribution in [2.24, 2.45) is 5.92 Å². The fourth-order valence-electron chi connectivity index (χ4n) is 4.13. The molecule has 0 aliphatic carbocycles. The molecule has 4 nitrogen and oxygen atoms in total. The van der Waals surface area contributed by atoms with E-state index in [1.54, 1.807) is 18.0 Å². The van der Waals surface area contributed by atoms with E-state index in [-0.39, 0.29) is 18.6 Å². The Kier molecular flexibility index (Phi) is 6.09. The van der Waals surface area contributed by atoms with Crippen LogP contribution >= 0.6 is 11.9 Å². The van der Waals surface area contributed by atoms with E-state index in [0.29, 0.717) is 12.4 Å². The summed E-state index contributed by atoms with van der Waals surface area (Å²) in [4.78, 5) is 2.23. The normalized spacial score (nSPS) is 20.6. The van der Waals surface area contributed by atoms with Gasteiger partial charge in [0.25, 0.3) is 0 Å². The van der Waals surface area contributed by atoms with E-state index >= 15 is 0 Å². The highest BCUT2D eigenvalue weighted by Crippen LogP contribution is 2.39. The topological polar surface area (TPSA) is 35.9 Å². The van der Waals surface area contributed by atoms with Crippen molar-refractivity contribution in [3.63, 3.8) is 0 Å². The molecule has 2 aromatic carbocycles. The van der Waals surface area contributed by atoms with Crippen LogP contribution in [0.5, 0.6) is 11.5 Å². The van der Waals surface area contributed by atoms with E-state index < -0.39 is 0 Å². The van der Waals surface area contributed by atoms with Crippen molar-refractivity contribution in [2.75, 3.05) is 45.7 Å². The summed E-state index contributed by atoms with van der Waals surface area (Å²) in [6, 6.07) is 14.2. The van der Waals surface area contributed by atoms with Crippen LogP contribution in [-0.2, 0) is 6.42 Å². The summed E-state index contributed by atoms with van der Waals surface area (Å²) in [6.07, 6.45) is 3.06. The Morgan fingerprint density at radius 3 is 2.68 bits per heavy atom. The molecule has 2 aliphatic heterocycles. The maximum Gasteiger partial charge on any atom is 0.119 e. The predicted molar refractivity (Wildman–Crippen MR) is 112 cm³/mol. The fourth-order valence-corrected chi connectivity index (χ4v) is 4.85. The first-order valence-electron chi connectivity index (χ1n) is 9.81. The molecular formula is C22H27FN2O2S. The third kappa shape index (κ3) is 4.14. The first-order chi connectivity index (χ1) is 13.7. The number of aromatic hydroxyl groups is 1. The largest absolute Gasteiger partial charge is 0.508 e. The lowest BCUT2D eigenvalue weighted by molar-refractivity contribution is 0.0668. The van der Waals surface area contributed by atoms with Gasteiger partial charge in [0.2, 0.25) is 0 Å². The summed E-state index contributed by atoms with van der Waals surface area (Å²) >= 11 is 1.76. The number of phenolic OH excluding ortho intramolecular Hbond substituents is 1. The second-order valence-electron chi connectivity index (χ2n) is 7.56. The number of phenols is 1. The SMILES string of the molecule is CSN1CCc2cc(O)ccc2[C@@H]1c1ccc(OCCN2CC(CF)C2)cc1. The molecular weight excluding hydrogens is 375 g/mol. The average molecular weight is 403 g/mol. The summed E-state index contributed by atoms with van der Waals surface area (Å²) in [7, 11) is 0. The molecule has 1 fully saturated rings. The van der Waals surface area contributed by atoms with Gasteiger partial charge in [0.15, 0.2) is 0 Å². The lowest BCUT2D eigenvalue weighted by Crippen LogP contribution is -2.49. The molecule has 0 radical (unpaired) electrons. The number of ether oxygens (including phenoxy) is 1. The van der Waals surface area contributed by atoms with Gasteiger partial charge in [0.05, 0.1) is 12.7 Å². The summed E-state index contributed by atoms with van der Waals surface area (Å²) < 4.78 is 20.7. The van der Waals surface area contributed by atoms with Crippen molar-refractivity contribution in [2.45, 2.75) is 12.5 Å². The van der Waals surface area contributed by atoms with Crippen LogP contribution in [0.25, 0.3) is 0 Å². The molecule has 1 saturated heterocycles. The highest BCUT2D eigenvalue weighted by molar-refractivity contribution is 7.96. The van der Waals surface area contributed by atoms with Gasteiger partial charge in [-0.1, -0.05) is 30.1 Å². The number of likely N-dealkylation sites (tertiary alicyclic amines) is 1. The third-order valence-electron chi connectivity index (χ3n) is 5.67. The quantitative estimate of drug-likeness (QED) is 0.711. The van der Waals surface area contributed by atoms with Gasteiger partial charge < -0.3 is 9.84 Å². The summed E-state index contributed by atoms with van der Waals surface area (Å²) in [5.41, 5.74) is 3.70. The number of hydrogen-bond donors (Lipinski definition) is 1. The van der Waals surface area contributed by atoms with E-state index in [2.05, 4.69) is 27.6 Å². The first-order valence-corrected chi connectivity index (χ1v) is 11.0. The van der Waals surface area contributed by atoms with E-state index in [4.69, 9.17) is 4.74 Å². The molecule has 1 atom stereocenters. The van der Waals surface area contributed by atoms with Gasteiger partial charge in [0.1, 0.15) is 18.1 Å². The highest BCUT2D eigenvalue weighted by Gasteiger charge is 2.29. The van der Waals surface area contributed by atoms with Gasteiger partial charge in [-0.25, -0.2) is 4.31 Å². The summed E-state index contributed by atoms with van der Waals surface area (Å²) in [5.74, 6) is 1.42. The fraction of sp³-hybridized carbons (Fsp3) is 0.455. The minimum atomic E-state index is -0.213. The first kappa shape index (κ1) is 19.6. The van der Waals surface area contributed by atoms with Crippen LogP contribution in [0.3, 0.4) is 0 Å². The van der Waals surface area contributed by atoms with Crippen LogP contribution in [0.2, 0.25) is 0 Å². The number of rotatable bonds is 7. The predicted octanol–water partition coefficient (Wildman–Crippen LogP) is 3.90. The summed E-state index contributed by atoms with van der Waals surface area (Å²) in [5, 5.41) is 9.82. The van der Waals surface area contributed by atoms with Gasteiger partial charge >= 0.3 is 0 Å². The zero-order chi connectivity index (χ0) is 19.5. The van der Waals surface area contributed by atoms with Crippen LogP contribution in [0.15, 0.2) is 42.5 Å². The van der Waals surface area contributed by atoms with Crippen molar-refractivity contribution < 1.29 is 14.2 Å². The molecule has 28 heavy (non-hydrogen) atoms. The van der Waals surface area contributed by atoms with Gasteiger partial charge in [-0.2, -0.15) is 0 Å². The Labute approximate surface area is 170 Å². The second kappa shape index (κ2) is 8.72. The van der Waals surface area contributed by atoms with Gasteiger partial charge in [-0.05, 0) is 53.6 Å². The van der Waals surface area contributed by atoms with Crippen LogP contribution < -0.4 is 4.74 Å². The number of halogens is 1. The van der Waals surface area contributed by atoms with Crippen molar-refractivity contribution in [1.29, 1.82) is 0 Å². The molecule has 150 valence electrons. The monoisotopic (exact) mass is 402 g/mol. The van der Waals surface area contributed by atoms with E-state index in [0.717, 1.165) is 38.3 Å². The Hall–Kier alpha value is -1.76. The Balaban J connectivity index is 1.41. The maximum absolute atomic E-state index is 12.5. The molecule has 0 amide bonds. The number of hydrogen-bond acceptors (Lipinski definition) is 5. The molecule has 6 heteroatoms. The molecule has 0 aromatic heterocycles. The standard InChI is InChI=1S/C22H27FN2O2S/c1-28-25-9-8-18-12-19(26)4-7-21(18)22(25)17-2-5-20(6-3-17)27-11-10-24-14-16(13-23)15-24/h2-7,12,16,22,26H,8-11,13-15H2,1H3/t22-/m0/s1. The second-order valence-corrected chi connectivity index (χ2v) is 8.39. The third-order valence-corrected chi connectivity index (χ3v) is 6.53. The maximum atomic E-state index is 12.5. The number of benzene rings is 2. The molecule has 0 spiro atoms. The lowest BCUT2D eigenvalue weighted by Gasteiger charge is -2.37. The van der Waals surface area contributed by atoms with E-state index in [1.807, 2.05) is 24.3 Å². The Morgan fingerprint density at radius 2 is 1.96 bits per heavy atom. The number of nitrogens with zero attached hydrogens (tertiary/aromatic N) is 2. The lowest BCUT2D eigenvalue weighted by atomic mass is 9.89. The van der Waals surface area contributed by atoms with Crippen molar-refractivity contribution in [3.8, 4) is 11.5 Å². The summed E-state index contributed by atoms with van der Waals surface area (Å²) in [6.45, 7) is 3.91. The van der Waals surface area contributed by atoms with E-state index in [9.17, 15) is 9.50 Å². The molecule has 2 heterocycles. The minimum absolute atomic E-state index is 0.173. The molecule has 4 rings (SSSR count). The number of alkyl halides is 1. The van der Waals surface area contributed by atoms with Crippen LogP contribution in [0.1, 0.15) is 22.7 Å². The molecule has 0 saturated carbocycles. The van der Waals surface area contributed by atoms with Crippen molar-refractivity contribution >= 4 is 11.9 Å². The highest BCUT2D eigenvalue weighted by atomic mass is 32.2. The Morgan fingerprint density at radius 1 is 1.18 bits per heavy atom. The van der Waals surface area contributed by atoms with Gasteiger partial charge in [0, 0.05) is 32.1 Å². The van der Waals surface area contributed by atoms with Crippen LogP contribution in [-0.4, -0.2) is 60.0 Å². The zero-order valence-corrected chi connectivity index (χ0v) is 17.0. The molecule has 0 bridgehead atoms. The smallest absolute Gasteiger partial charge is 0.119 e. The minimum Gasteiger partial charge on any atom is -0.508 e. The van der Waals surface area contributed by atoms with Gasteiger partial charge in [-0.3, -0.25) is 9.29 Å². The molecule has 2 aliphatic rings. The van der Waals surface area contributed by atoms with Crippen LogP contribution in [0.4, 0.5) is 4.39 Å². The molecule has 1 N–H and O–H groups in total.